The summed E-state index contributed by atoms with van der Waals surface area (Å²) >= 11 is 0. The van der Waals surface area contributed by atoms with E-state index in [2.05, 4.69) is 21.2 Å². The third-order valence-corrected chi connectivity index (χ3v) is 4.70. The van der Waals surface area contributed by atoms with Crippen molar-refractivity contribution < 1.29 is 19.1 Å². The van der Waals surface area contributed by atoms with Gasteiger partial charge in [0, 0.05) is 17.8 Å². The molecule has 0 fully saturated rings. The van der Waals surface area contributed by atoms with Crippen molar-refractivity contribution in [3.63, 3.8) is 0 Å². The van der Waals surface area contributed by atoms with Crippen LogP contribution in [0, 0.1) is 6.92 Å². The van der Waals surface area contributed by atoms with E-state index in [1.165, 1.54) is 6.21 Å². The zero-order chi connectivity index (χ0) is 24.2. The minimum Gasteiger partial charge on any atom is -0.483 e. The van der Waals surface area contributed by atoms with Crippen LogP contribution in [0.2, 0.25) is 0 Å². The van der Waals surface area contributed by atoms with Crippen LogP contribution in [0.25, 0.3) is 0 Å². The smallest absolute Gasteiger partial charge is 0.329 e. The monoisotopic (exact) mass is 458 g/mol. The van der Waals surface area contributed by atoms with Crippen molar-refractivity contribution in [3.05, 3.63) is 95.6 Å². The van der Waals surface area contributed by atoms with Gasteiger partial charge in [-0.1, -0.05) is 54.6 Å². The second-order valence-electron chi connectivity index (χ2n) is 7.43. The highest BCUT2D eigenvalue weighted by atomic mass is 16.5. The van der Waals surface area contributed by atoms with E-state index in [1.54, 1.807) is 30.3 Å². The van der Waals surface area contributed by atoms with Gasteiger partial charge < -0.3 is 15.4 Å². The highest BCUT2D eigenvalue weighted by Crippen LogP contribution is 2.16. The van der Waals surface area contributed by atoms with E-state index < -0.39 is 11.8 Å². The number of nitrogens with zero attached hydrogens (tertiary/aromatic N) is 1. The zero-order valence-corrected chi connectivity index (χ0v) is 18.8. The molecular weight excluding hydrogens is 432 g/mol. The van der Waals surface area contributed by atoms with Crippen LogP contribution in [-0.2, 0) is 20.8 Å². The Balaban J connectivity index is 1.46. The van der Waals surface area contributed by atoms with Gasteiger partial charge in [-0.15, -0.1) is 0 Å². The largest absolute Gasteiger partial charge is 0.483 e. The molecule has 3 amide bonds. The van der Waals surface area contributed by atoms with Crippen LogP contribution in [0.1, 0.15) is 16.7 Å². The molecule has 0 spiro atoms. The van der Waals surface area contributed by atoms with Crippen molar-refractivity contribution in [2.45, 2.75) is 13.3 Å². The van der Waals surface area contributed by atoms with Gasteiger partial charge >= 0.3 is 11.8 Å². The summed E-state index contributed by atoms with van der Waals surface area (Å²) in [5, 5.41) is 9.15. The van der Waals surface area contributed by atoms with Crippen molar-refractivity contribution in [3.8, 4) is 5.75 Å². The number of rotatable bonds is 9. The number of amides is 3. The van der Waals surface area contributed by atoms with E-state index >= 15 is 0 Å². The molecule has 0 aliphatic carbocycles. The maximum absolute atomic E-state index is 12.2. The van der Waals surface area contributed by atoms with Gasteiger partial charge in [0.25, 0.3) is 5.91 Å². The molecule has 0 saturated heterocycles. The first-order valence-electron chi connectivity index (χ1n) is 10.7. The number of hydrogen-bond donors (Lipinski definition) is 3. The second-order valence-corrected chi connectivity index (χ2v) is 7.43. The average molecular weight is 459 g/mol. The van der Waals surface area contributed by atoms with Gasteiger partial charge in [-0.2, -0.15) is 5.10 Å². The lowest BCUT2D eigenvalue weighted by molar-refractivity contribution is -0.139. The van der Waals surface area contributed by atoms with Crippen molar-refractivity contribution in [2.75, 3.05) is 18.5 Å². The third kappa shape index (κ3) is 7.90. The summed E-state index contributed by atoms with van der Waals surface area (Å²) in [5.41, 5.74) is 5.51. The maximum atomic E-state index is 12.2. The molecule has 8 nitrogen and oxygen atoms in total. The number of carbonyl (C=O) groups is 3. The molecule has 0 heterocycles. The van der Waals surface area contributed by atoms with Crippen LogP contribution in [0.5, 0.6) is 5.75 Å². The Bertz CT molecular complexity index is 1160. The number of nitrogens with one attached hydrogen (secondary N) is 3. The van der Waals surface area contributed by atoms with E-state index in [9.17, 15) is 14.4 Å². The number of carbonyl (C=O) groups excluding carboxylic acids is 3. The van der Waals surface area contributed by atoms with E-state index in [1.807, 2.05) is 55.5 Å². The fraction of sp³-hybridized carbons (Fsp3) is 0.154. The Kier molecular flexibility index (Phi) is 8.92. The summed E-state index contributed by atoms with van der Waals surface area (Å²) in [6.07, 6.45) is 1.97. The summed E-state index contributed by atoms with van der Waals surface area (Å²) in [6.45, 7) is 2.07. The van der Waals surface area contributed by atoms with Crippen molar-refractivity contribution in [1.82, 2.24) is 10.7 Å². The van der Waals surface area contributed by atoms with Crippen LogP contribution >= 0.6 is 0 Å². The van der Waals surface area contributed by atoms with Crippen molar-refractivity contribution in [1.29, 1.82) is 0 Å². The van der Waals surface area contributed by atoms with Crippen LogP contribution in [-0.4, -0.2) is 37.1 Å². The predicted molar refractivity (Wildman–Crippen MR) is 131 cm³/mol. The molecule has 8 heteroatoms. The van der Waals surface area contributed by atoms with Gasteiger partial charge in [-0.3, -0.25) is 14.4 Å². The second kappa shape index (κ2) is 12.5. The molecular formula is C26H26N4O4. The van der Waals surface area contributed by atoms with E-state index in [4.69, 9.17) is 4.74 Å². The fourth-order valence-electron chi connectivity index (χ4n) is 3.04. The molecule has 34 heavy (non-hydrogen) atoms. The summed E-state index contributed by atoms with van der Waals surface area (Å²) in [4.78, 5) is 36.1. The average Bonchev–Trinajstić information content (AvgIpc) is 2.84. The van der Waals surface area contributed by atoms with Gasteiger partial charge in [-0.25, -0.2) is 5.43 Å². The van der Waals surface area contributed by atoms with Gasteiger partial charge in [0.2, 0.25) is 0 Å². The normalized spacial score (nSPS) is 10.5. The molecule has 3 rings (SSSR count). The Morgan fingerprint density at radius 2 is 1.68 bits per heavy atom. The van der Waals surface area contributed by atoms with Gasteiger partial charge in [-0.05, 0) is 48.7 Å². The molecule has 0 aromatic heterocycles. The molecule has 0 bridgehead atoms. The van der Waals surface area contributed by atoms with Crippen LogP contribution < -0.4 is 20.8 Å². The highest BCUT2D eigenvalue weighted by molar-refractivity contribution is 6.35. The summed E-state index contributed by atoms with van der Waals surface area (Å²) < 4.78 is 5.61. The lowest BCUT2D eigenvalue weighted by Crippen LogP contribution is -2.38. The molecule has 3 aromatic carbocycles. The standard InChI is InChI=1S/C26H26N4O4/c1-19-8-7-12-22(16-19)29-24(31)18-34-23-13-6-5-11-21(23)17-28-30-26(33)25(32)27-15-14-20-9-3-2-4-10-20/h2-13,16-17H,14-15,18H2,1H3,(H,27,32)(H,29,31)(H,30,33)/b28-17-. The first kappa shape index (κ1) is 24.2. The van der Waals surface area contributed by atoms with Crippen molar-refractivity contribution >= 4 is 29.6 Å². The minimum atomic E-state index is -0.875. The lowest BCUT2D eigenvalue weighted by atomic mass is 10.1. The summed E-state index contributed by atoms with van der Waals surface area (Å²) in [5.74, 6) is -1.55. The van der Waals surface area contributed by atoms with Gasteiger partial charge in [0.15, 0.2) is 6.61 Å². The van der Waals surface area contributed by atoms with Gasteiger partial charge in [0.1, 0.15) is 5.75 Å². The molecule has 174 valence electrons. The topological polar surface area (TPSA) is 109 Å². The van der Waals surface area contributed by atoms with Crippen LogP contribution in [0.3, 0.4) is 0 Å². The van der Waals surface area contributed by atoms with Crippen molar-refractivity contribution in [2.24, 2.45) is 5.10 Å². The number of benzene rings is 3. The van der Waals surface area contributed by atoms with E-state index in [-0.39, 0.29) is 12.5 Å². The molecule has 3 aromatic rings. The van der Waals surface area contributed by atoms with Crippen LogP contribution in [0.4, 0.5) is 5.69 Å². The SMILES string of the molecule is Cc1cccc(NC(=O)COc2ccccc2/C=N\NC(=O)C(=O)NCCc2ccccc2)c1. The Morgan fingerprint density at radius 3 is 2.47 bits per heavy atom. The minimum absolute atomic E-state index is 0.199. The quantitative estimate of drug-likeness (QED) is 0.260. The van der Waals surface area contributed by atoms with E-state index in [0.717, 1.165) is 11.1 Å². The number of anilines is 1. The molecule has 0 aliphatic heterocycles. The van der Waals surface area contributed by atoms with Crippen LogP contribution in [0.15, 0.2) is 84.0 Å². The summed E-state index contributed by atoms with van der Waals surface area (Å²) in [7, 11) is 0. The molecule has 0 atom stereocenters. The number of ether oxygens (including phenoxy) is 1. The lowest BCUT2D eigenvalue weighted by Gasteiger charge is -2.10. The molecule has 0 unspecified atom stereocenters. The molecule has 0 aliphatic rings. The number of aryl methyl sites for hydroxylation is 1. The number of hydrazone groups is 1. The third-order valence-electron chi connectivity index (χ3n) is 4.70. The maximum Gasteiger partial charge on any atom is 0.329 e. The fourth-order valence-corrected chi connectivity index (χ4v) is 3.04. The van der Waals surface area contributed by atoms with Gasteiger partial charge in [0.05, 0.1) is 6.21 Å². The Labute approximate surface area is 198 Å². The first-order valence-corrected chi connectivity index (χ1v) is 10.7. The highest BCUT2D eigenvalue weighted by Gasteiger charge is 2.12. The van der Waals surface area contributed by atoms with E-state index in [0.29, 0.717) is 30.0 Å². The number of hydrogen-bond acceptors (Lipinski definition) is 5. The molecule has 0 radical (unpaired) electrons. The predicted octanol–water partition coefficient (Wildman–Crippen LogP) is 2.82. The summed E-state index contributed by atoms with van der Waals surface area (Å²) in [6, 6.07) is 24.0. The molecule has 0 saturated carbocycles. The number of para-hydroxylation sites is 1. The first-order chi connectivity index (χ1) is 16.5. The molecule has 3 N–H and O–H groups in total. The Morgan fingerprint density at radius 1 is 0.912 bits per heavy atom. The Hall–Kier alpha value is -4.46. The zero-order valence-electron chi connectivity index (χ0n) is 18.8.